The Balaban J connectivity index is 1.31. The number of nitrogen functional groups attached to an aromatic ring is 1. The molecule has 0 atom stereocenters. The Morgan fingerprint density at radius 3 is 2.91 bits per heavy atom. The molecule has 34 heavy (non-hydrogen) atoms. The highest BCUT2D eigenvalue weighted by Crippen LogP contribution is 2.37. The predicted molar refractivity (Wildman–Crippen MR) is 134 cm³/mol. The zero-order chi connectivity index (χ0) is 23.9. The predicted octanol–water partition coefficient (Wildman–Crippen LogP) is 3.38. The van der Waals surface area contributed by atoms with Crippen LogP contribution < -0.4 is 21.3 Å². The van der Waals surface area contributed by atoms with Gasteiger partial charge in [0.15, 0.2) is 0 Å². The molecule has 1 aromatic carbocycles. The Morgan fingerprint density at radius 1 is 1.35 bits per heavy atom. The van der Waals surface area contributed by atoms with Crippen LogP contribution in [0.2, 0.25) is 0 Å². The molecule has 12 heteroatoms. The van der Waals surface area contributed by atoms with E-state index in [1.165, 1.54) is 20.9 Å². The minimum atomic E-state index is -0.230. The molecule has 2 aromatic heterocycles. The average molecular weight is 497 g/mol. The molecule has 0 radical (unpaired) electrons. The fourth-order valence-electron chi connectivity index (χ4n) is 3.50. The monoisotopic (exact) mass is 496 g/mol. The number of amides is 1. The highest BCUT2D eigenvalue weighted by molar-refractivity contribution is 7.99. The fraction of sp³-hybridized carbons (Fsp3) is 0.318. The number of hydrogen-bond donors (Lipinski definition) is 3. The molecule has 0 spiro atoms. The first-order chi connectivity index (χ1) is 16.6. The molecule has 10 nitrogen and oxygen atoms in total. The maximum Gasteiger partial charge on any atom is 0.264 e. The fourth-order valence-corrected chi connectivity index (χ4v) is 5.41. The van der Waals surface area contributed by atoms with Crippen molar-refractivity contribution in [3.05, 3.63) is 45.8 Å². The van der Waals surface area contributed by atoms with Crippen LogP contribution >= 0.6 is 23.1 Å². The van der Waals surface area contributed by atoms with E-state index in [-0.39, 0.29) is 17.6 Å². The van der Waals surface area contributed by atoms with Gasteiger partial charge in [0, 0.05) is 4.88 Å². The van der Waals surface area contributed by atoms with Crippen LogP contribution in [0, 0.1) is 11.3 Å². The van der Waals surface area contributed by atoms with E-state index in [0.29, 0.717) is 22.3 Å². The Labute approximate surface area is 205 Å². The second-order valence-electron chi connectivity index (χ2n) is 7.41. The van der Waals surface area contributed by atoms with Crippen LogP contribution in [-0.2, 0) is 17.6 Å². The third-order valence-electron chi connectivity index (χ3n) is 5.10. The summed E-state index contributed by atoms with van der Waals surface area (Å²) in [6.45, 7) is 2.54. The van der Waals surface area contributed by atoms with Gasteiger partial charge in [-0.15, -0.1) is 21.5 Å². The van der Waals surface area contributed by atoms with Crippen molar-refractivity contribution in [2.45, 2.75) is 37.8 Å². The van der Waals surface area contributed by atoms with Crippen LogP contribution in [0.3, 0.4) is 0 Å². The normalized spacial score (nSPS) is 12.8. The molecular formula is C22H24N8O2S2. The van der Waals surface area contributed by atoms with E-state index < -0.39 is 0 Å². The number of ether oxygens (including phenoxy) is 1. The van der Waals surface area contributed by atoms with Crippen molar-refractivity contribution in [1.82, 2.24) is 14.9 Å². The van der Waals surface area contributed by atoms with Gasteiger partial charge in [-0.05, 0) is 68.0 Å². The summed E-state index contributed by atoms with van der Waals surface area (Å²) in [7, 11) is 0. The van der Waals surface area contributed by atoms with Crippen LogP contribution in [0.15, 0.2) is 34.5 Å². The highest BCUT2D eigenvalue weighted by Gasteiger charge is 2.22. The number of fused-ring (bicyclic) bond motifs is 1. The highest BCUT2D eigenvalue weighted by atomic mass is 32.2. The van der Waals surface area contributed by atoms with Gasteiger partial charge in [-0.1, -0.05) is 11.8 Å². The second-order valence-corrected chi connectivity index (χ2v) is 9.46. The van der Waals surface area contributed by atoms with Crippen LogP contribution in [-0.4, -0.2) is 39.4 Å². The van der Waals surface area contributed by atoms with E-state index in [9.17, 15) is 10.1 Å². The molecule has 0 unspecified atom stereocenters. The van der Waals surface area contributed by atoms with Gasteiger partial charge in [-0.2, -0.15) is 10.4 Å². The number of nitriles is 1. The molecule has 176 valence electrons. The number of aromatic nitrogens is 3. The standard InChI is InChI=1S/C22H24N8O2S2/c1-2-32-15-9-7-14(8-10-15)12-25-27-21-28-29-22(30(21)24)33-13-19(31)26-20-17(11-23)16-5-3-4-6-18(16)34-20/h7-10,12H,2-6,13,24H2,1H3,(H,26,31)(H,27,28)/b25-12+. The summed E-state index contributed by atoms with van der Waals surface area (Å²) < 4.78 is 6.65. The number of rotatable bonds is 9. The van der Waals surface area contributed by atoms with Crippen molar-refractivity contribution in [2.75, 3.05) is 28.9 Å². The summed E-state index contributed by atoms with van der Waals surface area (Å²) in [4.78, 5) is 13.7. The van der Waals surface area contributed by atoms with E-state index >= 15 is 0 Å². The molecule has 3 aromatic rings. The smallest absolute Gasteiger partial charge is 0.264 e. The van der Waals surface area contributed by atoms with Gasteiger partial charge < -0.3 is 15.9 Å². The number of carbonyl (C=O) groups excluding carboxylic acids is 1. The number of anilines is 2. The van der Waals surface area contributed by atoms with Crippen LogP contribution in [0.4, 0.5) is 10.9 Å². The molecule has 0 fully saturated rings. The van der Waals surface area contributed by atoms with Crippen molar-refractivity contribution >= 4 is 46.2 Å². The molecule has 0 saturated carbocycles. The summed E-state index contributed by atoms with van der Waals surface area (Å²) in [5.74, 6) is 6.92. The number of nitrogens with one attached hydrogen (secondary N) is 2. The van der Waals surface area contributed by atoms with Gasteiger partial charge in [-0.25, -0.2) is 10.1 Å². The van der Waals surface area contributed by atoms with Crippen molar-refractivity contribution in [2.24, 2.45) is 5.10 Å². The van der Waals surface area contributed by atoms with Gasteiger partial charge in [-0.3, -0.25) is 4.79 Å². The van der Waals surface area contributed by atoms with Crippen molar-refractivity contribution in [3.63, 3.8) is 0 Å². The minimum Gasteiger partial charge on any atom is -0.494 e. The summed E-state index contributed by atoms with van der Waals surface area (Å²) in [6, 6.07) is 9.73. The van der Waals surface area contributed by atoms with Crippen LogP contribution in [0.1, 0.15) is 41.3 Å². The third kappa shape index (κ3) is 5.49. The molecule has 4 N–H and O–H groups in total. The Kier molecular flexibility index (Phi) is 7.66. The molecule has 4 rings (SSSR count). The number of hydrogen-bond acceptors (Lipinski definition) is 10. The third-order valence-corrected chi connectivity index (χ3v) is 7.25. The van der Waals surface area contributed by atoms with Crippen LogP contribution in [0.25, 0.3) is 0 Å². The molecule has 1 aliphatic rings. The SMILES string of the molecule is CCOc1ccc(/C=N/Nc2nnc(SCC(=O)Nc3sc4c(c3C#N)CCCC4)n2N)cc1. The van der Waals surface area contributed by atoms with Gasteiger partial charge in [0.05, 0.1) is 24.1 Å². The Bertz CT molecular complexity index is 1230. The molecule has 0 saturated heterocycles. The van der Waals surface area contributed by atoms with Gasteiger partial charge in [0.1, 0.15) is 16.8 Å². The maximum atomic E-state index is 12.5. The number of aryl methyl sites for hydroxylation is 1. The number of nitrogens with zero attached hydrogens (tertiary/aromatic N) is 5. The molecule has 0 aliphatic heterocycles. The van der Waals surface area contributed by atoms with Crippen molar-refractivity contribution < 1.29 is 9.53 Å². The van der Waals surface area contributed by atoms with Gasteiger partial charge >= 0.3 is 0 Å². The Morgan fingerprint density at radius 2 is 2.15 bits per heavy atom. The van der Waals surface area contributed by atoms with Gasteiger partial charge in [0.2, 0.25) is 11.1 Å². The first-order valence-corrected chi connectivity index (χ1v) is 12.6. The number of hydrazone groups is 1. The van der Waals surface area contributed by atoms with Crippen molar-refractivity contribution in [3.8, 4) is 11.8 Å². The molecule has 1 aliphatic carbocycles. The average Bonchev–Trinajstić information content (AvgIpc) is 3.38. The lowest BCUT2D eigenvalue weighted by molar-refractivity contribution is -0.113. The summed E-state index contributed by atoms with van der Waals surface area (Å²) in [5.41, 5.74) is 5.30. The zero-order valence-electron chi connectivity index (χ0n) is 18.6. The van der Waals surface area contributed by atoms with E-state index in [0.717, 1.165) is 54.3 Å². The summed E-state index contributed by atoms with van der Waals surface area (Å²) in [6.07, 6.45) is 5.68. The number of carbonyl (C=O) groups is 1. The summed E-state index contributed by atoms with van der Waals surface area (Å²) >= 11 is 2.65. The molecule has 1 amide bonds. The lowest BCUT2D eigenvalue weighted by atomic mass is 9.96. The van der Waals surface area contributed by atoms with Crippen molar-refractivity contribution in [1.29, 1.82) is 5.26 Å². The largest absolute Gasteiger partial charge is 0.494 e. The van der Waals surface area contributed by atoms with Crippen LogP contribution in [0.5, 0.6) is 5.75 Å². The van der Waals surface area contributed by atoms with E-state index in [4.69, 9.17) is 10.6 Å². The molecule has 2 heterocycles. The molecular weight excluding hydrogens is 472 g/mol. The van der Waals surface area contributed by atoms with Gasteiger partial charge in [0.25, 0.3) is 5.95 Å². The number of thioether (sulfide) groups is 1. The number of benzene rings is 1. The second kappa shape index (κ2) is 11.0. The summed E-state index contributed by atoms with van der Waals surface area (Å²) in [5, 5.41) is 25.5. The number of thiophene rings is 1. The molecule has 0 bridgehead atoms. The zero-order valence-corrected chi connectivity index (χ0v) is 20.2. The Hall–Kier alpha value is -3.56. The maximum absolute atomic E-state index is 12.5. The first kappa shape index (κ1) is 23.6. The van der Waals surface area contributed by atoms with E-state index in [1.807, 2.05) is 31.2 Å². The first-order valence-electron chi connectivity index (χ1n) is 10.8. The quantitative estimate of drug-likeness (QED) is 0.177. The van der Waals surface area contributed by atoms with E-state index in [2.05, 4.69) is 32.1 Å². The number of nitrogens with two attached hydrogens (primary N) is 1. The van der Waals surface area contributed by atoms with E-state index in [1.54, 1.807) is 6.21 Å². The minimum absolute atomic E-state index is 0.0816. The lowest BCUT2D eigenvalue weighted by Crippen LogP contribution is -2.17. The lowest BCUT2D eigenvalue weighted by Gasteiger charge is -2.09. The topological polar surface area (TPSA) is 143 Å².